The third-order valence-corrected chi connectivity index (χ3v) is 3.87. The molecule has 0 aliphatic rings. The van der Waals surface area contributed by atoms with Gasteiger partial charge in [-0.1, -0.05) is 13.8 Å². The molecule has 120 valence electrons. The molecule has 2 rings (SSSR count). The van der Waals surface area contributed by atoms with Gasteiger partial charge >= 0.3 is 0 Å². The molecule has 6 nitrogen and oxygen atoms in total. The van der Waals surface area contributed by atoms with Gasteiger partial charge in [0.05, 0.1) is 5.69 Å². The number of aryl methyl sites for hydroxylation is 2. The van der Waals surface area contributed by atoms with Gasteiger partial charge in [-0.3, -0.25) is 9.89 Å². The summed E-state index contributed by atoms with van der Waals surface area (Å²) >= 11 is 0. The maximum atomic E-state index is 12.4. The normalized spacial score (nSPS) is 11.2. The molecule has 0 unspecified atom stereocenters. The van der Waals surface area contributed by atoms with Gasteiger partial charge in [0, 0.05) is 25.2 Å². The Hall–Kier alpha value is -2.11. The Bertz CT molecular complexity index is 623. The number of carbonyl (C=O) groups is 1. The van der Waals surface area contributed by atoms with E-state index < -0.39 is 0 Å². The fourth-order valence-corrected chi connectivity index (χ4v) is 2.54. The van der Waals surface area contributed by atoms with E-state index in [2.05, 4.69) is 15.2 Å². The highest BCUT2D eigenvalue weighted by Crippen LogP contribution is 2.19. The van der Waals surface area contributed by atoms with Crippen LogP contribution in [-0.2, 0) is 6.42 Å². The van der Waals surface area contributed by atoms with Crippen molar-refractivity contribution < 1.29 is 9.21 Å². The minimum Gasteiger partial charge on any atom is -0.447 e. The van der Waals surface area contributed by atoms with E-state index in [-0.39, 0.29) is 11.8 Å². The smallest absolute Gasteiger partial charge is 0.275 e. The van der Waals surface area contributed by atoms with Crippen molar-refractivity contribution in [2.45, 2.75) is 46.5 Å². The summed E-state index contributed by atoms with van der Waals surface area (Å²) in [5.41, 5.74) is 3.80. The molecule has 0 saturated heterocycles. The van der Waals surface area contributed by atoms with Gasteiger partial charge < -0.3 is 9.32 Å². The maximum Gasteiger partial charge on any atom is 0.275 e. The Morgan fingerprint density at radius 2 is 2.14 bits per heavy atom. The number of nitrogens with zero attached hydrogens (tertiary/aromatic N) is 3. The van der Waals surface area contributed by atoms with Gasteiger partial charge in [0.15, 0.2) is 12.1 Å². The molecule has 6 heteroatoms. The van der Waals surface area contributed by atoms with E-state index in [0.717, 1.165) is 24.2 Å². The number of hydrogen-bond acceptors (Lipinski definition) is 4. The number of aromatic nitrogens is 3. The summed E-state index contributed by atoms with van der Waals surface area (Å²) in [5, 5.41) is 7.18. The van der Waals surface area contributed by atoms with E-state index in [1.165, 1.54) is 12.0 Å². The third kappa shape index (κ3) is 3.37. The topological polar surface area (TPSA) is 75.0 Å². The van der Waals surface area contributed by atoms with Crippen LogP contribution in [0.25, 0.3) is 0 Å². The van der Waals surface area contributed by atoms with Gasteiger partial charge in [-0.25, -0.2) is 4.98 Å². The number of rotatable bonds is 6. The Balaban J connectivity index is 1.93. The Morgan fingerprint density at radius 3 is 2.73 bits per heavy atom. The lowest BCUT2D eigenvalue weighted by Crippen LogP contribution is -2.29. The molecule has 0 radical (unpaired) electrons. The number of H-pyrrole nitrogens is 1. The number of carbonyl (C=O) groups excluding carboxylic acids is 1. The van der Waals surface area contributed by atoms with Crippen LogP contribution in [0.2, 0.25) is 0 Å². The summed E-state index contributed by atoms with van der Waals surface area (Å²) in [6.07, 6.45) is 3.13. The van der Waals surface area contributed by atoms with Crippen LogP contribution in [0.5, 0.6) is 0 Å². The van der Waals surface area contributed by atoms with E-state index in [1.807, 2.05) is 27.7 Å². The molecule has 1 amide bonds. The Labute approximate surface area is 130 Å². The molecule has 2 aromatic heterocycles. The first-order valence-electron chi connectivity index (χ1n) is 7.61. The van der Waals surface area contributed by atoms with Crippen molar-refractivity contribution in [2.24, 2.45) is 0 Å². The van der Waals surface area contributed by atoms with Crippen LogP contribution >= 0.6 is 0 Å². The molecule has 22 heavy (non-hydrogen) atoms. The predicted molar refractivity (Wildman–Crippen MR) is 83.9 cm³/mol. The summed E-state index contributed by atoms with van der Waals surface area (Å²) in [4.78, 5) is 18.2. The number of hydrogen-bond donors (Lipinski definition) is 1. The Morgan fingerprint density at radius 1 is 1.41 bits per heavy atom. The van der Waals surface area contributed by atoms with Gasteiger partial charge in [-0.2, -0.15) is 5.10 Å². The lowest BCUT2D eigenvalue weighted by Gasteiger charge is -2.16. The van der Waals surface area contributed by atoms with Crippen LogP contribution < -0.4 is 0 Å². The van der Waals surface area contributed by atoms with Gasteiger partial charge in [-0.15, -0.1) is 0 Å². The molecule has 0 aromatic carbocycles. The van der Waals surface area contributed by atoms with Gasteiger partial charge in [0.1, 0.15) is 5.76 Å². The van der Waals surface area contributed by atoms with Crippen molar-refractivity contribution in [3.63, 3.8) is 0 Å². The minimum absolute atomic E-state index is 0.0851. The molecule has 0 saturated carbocycles. The fraction of sp³-hybridized carbons (Fsp3) is 0.562. The molecular weight excluding hydrogens is 280 g/mol. The maximum absolute atomic E-state index is 12.4. The van der Waals surface area contributed by atoms with Crippen molar-refractivity contribution in [3.05, 3.63) is 34.8 Å². The van der Waals surface area contributed by atoms with Crippen LogP contribution in [0.1, 0.15) is 59.4 Å². The predicted octanol–water partition coefficient (Wildman–Crippen LogP) is 2.84. The third-order valence-electron chi connectivity index (χ3n) is 3.87. The zero-order chi connectivity index (χ0) is 16.3. The zero-order valence-corrected chi connectivity index (χ0v) is 13.9. The highest BCUT2D eigenvalue weighted by molar-refractivity contribution is 5.93. The fourth-order valence-electron chi connectivity index (χ4n) is 2.54. The number of aromatic amines is 1. The molecule has 0 fully saturated rings. The van der Waals surface area contributed by atoms with Crippen molar-refractivity contribution in [3.8, 4) is 0 Å². The van der Waals surface area contributed by atoms with Crippen molar-refractivity contribution in [2.75, 3.05) is 13.6 Å². The van der Waals surface area contributed by atoms with Crippen LogP contribution in [-0.4, -0.2) is 39.6 Å². The summed E-state index contributed by atoms with van der Waals surface area (Å²) in [6, 6.07) is 0. The number of oxazole rings is 1. The van der Waals surface area contributed by atoms with E-state index in [1.54, 1.807) is 11.9 Å². The summed E-state index contributed by atoms with van der Waals surface area (Å²) in [6.45, 7) is 8.67. The van der Waals surface area contributed by atoms with Gasteiger partial charge in [-0.05, 0) is 32.3 Å². The SMILES string of the molecule is Cc1n[nH]c(C)c1CCCN(C)C(=O)c1ncoc1C(C)C. The first kappa shape index (κ1) is 16.3. The highest BCUT2D eigenvalue weighted by atomic mass is 16.3. The second-order valence-electron chi connectivity index (χ2n) is 5.96. The van der Waals surface area contributed by atoms with E-state index in [4.69, 9.17) is 4.42 Å². The quantitative estimate of drug-likeness (QED) is 0.890. The molecule has 2 aromatic rings. The Kier molecular flexibility index (Phi) is 5.00. The van der Waals surface area contributed by atoms with E-state index >= 15 is 0 Å². The van der Waals surface area contributed by atoms with Crippen LogP contribution in [0.15, 0.2) is 10.8 Å². The summed E-state index contributed by atoms with van der Waals surface area (Å²) in [5.74, 6) is 0.711. The lowest BCUT2D eigenvalue weighted by atomic mass is 10.1. The molecular formula is C16H24N4O2. The molecule has 0 atom stereocenters. The van der Waals surface area contributed by atoms with Crippen LogP contribution in [0.3, 0.4) is 0 Å². The average molecular weight is 304 g/mol. The molecule has 0 spiro atoms. The van der Waals surface area contributed by atoms with Crippen LogP contribution in [0.4, 0.5) is 0 Å². The van der Waals surface area contributed by atoms with E-state index in [9.17, 15) is 4.79 Å². The minimum atomic E-state index is -0.0851. The molecule has 0 aliphatic heterocycles. The molecule has 0 aliphatic carbocycles. The van der Waals surface area contributed by atoms with Gasteiger partial charge in [0.25, 0.3) is 5.91 Å². The first-order chi connectivity index (χ1) is 10.4. The van der Waals surface area contributed by atoms with Crippen LogP contribution in [0, 0.1) is 13.8 Å². The molecule has 2 heterocycles. The summed E-state index contributed by atoms with van der Waals surface area (Å²) in [7, 11) is 1.80. The van der Waals surface area contributed by atoms with Gasteiger partial charge in [0.2, 0.25) is 0 Å². The first-order valence-corrected chi connectivity index (χ1v) is 7.61. The lowest BCUT2D eigenvalue weighted by molar-refractivity contribution is 0.0785. The number of nitrogens with one attached hydrogen (secondary N) is 1. The van der Waals surface area contributed by atoms with Crippen molar-refractivity contribution >= 4 is 5.91 Å². The average Bonchev–Trinajstić information content (AvgIpc) is 3.07. The summed E-state index contributed by atoms with van der Waals surface area (Å²) < 4.78 is 5.32. The van der Waals surface area contributed by atoms with Crippen molar-refractivity contribution in [1.82, 2.24) is 20.1 Å². The van der Waals surface area contributed by atoms with E-state index in [0.29, 0.717) is 18.0 Å². The van der Waals surface area contributed by atoms with Crippen molar-refractivity contribution in [1.29, 1.82) is 0 Å². The largest absolute Gasteiger partial charge is 0.447 e. The highest BCUT2D eigenvalue weighted by Gasteiger charge is 2.22. The second-order valence-corrected chi connectivity index (χ2v) is 5.96. The zero-order valence-electron chi connectivity index (χ0n) is 13.9. The number of amides is 1. The molecule has 0 bridgehead atoms. The monoisotopic (exact) mass is 304 g/mol. The standard InChI is InChI=1S/C16H24N4O2/c1-10(2)15-14(17-9-22-15)16(21)20(5)8-6-7-13-11(3)18-19-12(13)4/h9-10H,6-8H2,1-5H3,(H,18,19). The molecule has 1 N–H and O–H groups in total. The second kappa shape index (κ2) is 6.77.